The summed E-state index contributed by atoms with van der Waals surface area (Å²) in [6.45, 7) is 8.11. The zero-order chi connectivity index (χ0) is 25.3. The summed E-state index contributed by atoms with van der Waals surface area (Å²) >= 11 is 0. The first-order valence-corrected chi connectivity index (χ1v) is 15.3. The zero-order valence-electron chi connectivity index (χ0n) is 22.1. The molecule has 0 radical (unpaired) electrons. The predicted octanol–water partition coefficient (Wildman–Crippen LogP) is 6.59. The van der Waals surface area contributed by atoms with Crippen LogP contribution in [0.25, 0.3) is 0 Å². The summed E-state index contributed by atoms with van der Waals surface area (Å²) in [7, 11) is -4.20. The van der Waals surface area contributed by atoms with Crippen molar-refractivity contribution in [2.75, 3.05) is 32.8 Å². The molecule has 1 rings (SSSR count). The van der Waals surface area contributed by atoms with Gasteiger partial charge in [-0.05, 0) is 38.5 Å². The molecule has 4 N–H and O–H groups in total. The molecule has 0 unspecified atom stereocenters. The normalized spacial score (nSPS) is 13.9. The lowest BCUT2D eigenvalue weighted by Crippen LogP contribution is -2.32. The summed E-state index contributed by atoms with van der Waals surface area (Å²) in [4.78, 5) is 23.3. The third-order valence-corrected chi connectivity index (χ3v) is 6.37. The number of hydrogen-bond donors (Lipinski definition) is 3. The molecule has 34 heavy (non-hydrogen) atoms. The number of nitrogens with zero attached hydrogens (tertiary/aromatic N) is 2. The van der Waals surface area contributed by atoms with Crippen molar-refractivity contribution in [3.05, 3.63) is 12.2 Å². The van der Waals surface area contributed by atoms with Crippen LogP contribution in [-0.4, -0.2) is 53.3 Å². The Kier molecular flexibility index (Phi) is 23.5. The quantitative estimate of drug-likeness (QED) is 0.0926. The Morgan fingerprint density at radius 1 is 0.912 bits per heavy atom. The van der Waals surface area contributed by atoms with Crippen molar-refractivity contribution in [1.29, 1.82) is 0 Å². The Bertz CT molecular complexity index is 552. The van der Waals surface area contributed by atoms with Gasteiger partial charge in [0.25, 0.3) is 0 Å². The lowest BCUT2D eigenvalue weighted by atomic mass is 10.1. The van der Waals surface area contributed by atoms with Crippen LogP contribution in [0.2, 0.25) is 0 Å². The van der Waals surface area contributed by atoms with E-state index in [0.717, 1.165) is 39.0 Å². The standard InChI is InChI=1S/C22H43N3.C4H11O4P/c1-2-3-4-5-6-7-8-9-10-11-12-13-14-15-16-17-22-24-19-21-25(22)20-18-23;1-2-3-4-8-9(5,6)7/h9-10H,2-8,11-21,23H2,1H3;2-4H2,1H3,(H2,5,6,7)/b10-9-;. The maximum Gasteiger partial charge on any atom is 0.469 e. The number of aliphatic imine (C=N–C) groups is 1. The van der Waals surface area contributed by atoms with Crippen LogP contribution in [-0.2, 0) is 9.09 Å². The van der Waals surface area contributed by atoms with E-state index in [1.807, 2.05) is 6.92 Å². The molecule has 202 valence electrons. The van der Waals surface area contributed by atoms with Crippen LogP contribution in [0.1, 0.15) is 117 Å². The van der Waals surface area contributed by atoms with Crippen molar-refractivity contribution < 1.29 is 18.9 Å². The minimum absolute atomic E-state index is 0.140. The van der Waals surface area contributed by atoms with Gasteiger partial charge in [-0.2, -0.15) is 0 Å². The summed E-state index contributed by atoms with van der Waals surface area (Å²) in [5.74, 6) is 1.31. The maximum absolute atomic E-state index is 9.98. The van der Waals surface area contributed by atoms with Gasteiger partial charge in [0.2, 0.25) is 0 Å². The molecule has 0 bridgehead atoms. The van der Waals surface area contributed by atoms with Crippen molar-refractivity contribution >= 4 is 13.7 Å². The van der Waals surface area contributed by atoms with E-state index in [1.165, 1.54) is 89.3 Å². The minimum atomic E-state index is -4.20. The molecule has 7 nitrogen and oxygen atoms in total. The molecule has 0 fully saturated rings. The fraction of sp³-hybridized carbons (Fsp3) is 0.885. The number of nitrogens with two attached hydrogens (primary N) is 1. The smallest absolute Gasteiger partial charge is 0.357 e. The van der Waals surface area contributed by atoms with Gasteiger partial charge in [0.1, 0.15) is 0 Å². The molecule has 0 aromatic heterocycles. The van der Waals surface area contributed by atoms with E-state index in [1.54, 1.807) is 0 Å². The zero-order valence-corrected chi connectivity index (χ0v) is 23.0. The van der Waals surface area contributed by atoms with Gasteiger partial charge in [0.15, 0.2) is 0 Å². The second-order valence-electron chi connectivity index (χ2n) is 9.09. The number of amidine groups is 1. The predicted molar refractivity (Wildman–Crippen MR) is 145 cm³/mol. The number of phosphoric ester groups is 1. The first-order chi connectivity index (χ1) is 16.4. The van der Waals surface area contributed by atoms with Crippen LogP contribution in [0, 0.1) is 0 Å². The molecule has 0 aliphatic carbocycles. The fourth-order valence-corrected chi connectivity index (χ4v) is 4.21. The number of hydrogen-bond acceptors (Lipinski definition) is 5. The van der Waals surface area contributed by atoms with E-state index in [9.17, 15) is 4.57 Å². The van der Waals surface area contributed by atoms with Crippen LogP contribution >= 0.6 is 7.82 Å². The van der Waals surface area contributed by atoms with Crippen molar-refractivity contribution in [3.63, 3.8) is 0 Å². The molecular weight excluding hydrogens is 449 g/mol. The Morgan fingerprint density at radius 3 is 2.03 bits per heavy atom. The van der Waals surface area contributed by atoms with Gasteiger partial charge in [-0.3, -0.25) is 9.52 Å². The molecule has 0 atom stereocenters. The van der Waals surface area contributed by atoms with Gasteiger partial charge < -0.3 is 20.4 Å². The van der Waals surface area contributed by atoms with Crippen LogP contribution < -0.4 is 5.73 Å². The van der Waals surface area contributed by atoms with Gasteiger partial charge in [-0.15, -0.1) is 0 Å². The Hall–Kier alpha value is -0.720. The van der Waals surface area contributed by atoms with Crippen molar-refractivity contribution in [3.8, 4) is 0 Å². The summed E-state index contributed by atoms with van der Waals surface area (Å²) in [5.41, 5.74) is 5.65. The van der Waals surface area contributed by atoms with Crippen LogP contribution in [0.15, 0.2) is 17.1 Å². The lowest BCUT2D eigenvalue weighted by molar-refractivity contribution is 0.194. The highest BCUT2D eigenvalue weighted by Gasteiger charge is 2.14. The molecule has 0 aromatic carbocycles. The lowest BCUT2D eigenvalue weighted by Gasteiger charge is -2.19. The Morgan fingerprint density at radius 2 is 1.47 bits per heavy atom. The van der Waals surface area contributed by atoms with E-state index < -0.39 is 7.82 Å². The van der Waals surface area contributed by atoms with Gasteiger partial charge >= 0.3 is 7.82 Å². The van der Waals surface area contributed by atoms with Crippen LogP contribution in [0.4, 0.5) is 0 Å². The largest absolute Gasteiger partial charge is 0.469 e. The second kappa shape index (κ2) is 24.0. The molecule has 1 heterocycles. The molecule has 0 amide bonds. The van der Waals surface area contributed by atoms with Gasteiger partial charge in [-0.25, -0.2) is 4.57 Å². The highest BCUT2D eigenvalue weighted by Crippen LogP contribution is 2.35. The van der Waals surface area contributed by atoms with Gasteiger partial charge in [0.05, 0.1) is 19.0 Å². The maximum atomic E-state index is 9.98. The van der Waals surface area contributed by atoms with E-state index in [-0.39, 0.29) is 6.61 Å². The van der Waals surface area contributed by atoms with Gasteiger partial charge in [-0.1, -0.05) is 83.8 Å². The summed E-state index contributed by atoms with van der Waals surface area (Å²) in [6, 6.07) is 0. The molecule has 1 aliphatic heterocycles. The van der Waals surface area contributed by atoms with Crippen LogP contribution in [0.5, 0.6) is 0 Å². The second-order valence-corrected chi connectivity index (χ2v) is 10.3. The third-order valence-electron chi connectivity index (χ3n) is 5.85. The molecule has 1 aliphatic rings. The van der Waals surface area contributed by atoms with Crippen LogP contribution in [0.3, 0.4) is 0 Å². The molecule has 0 aromatic rings. The number of allylic oxidation sites excluding steroid dienone is 2. The van der Waals surface area contributed by atoms with E-state index >= 15 is 0 Å². The number of unbranched alkanes of at least 4 members (excludes halogenated alkanes) is 12. The Balaban J connectivity index is 0.00000102. The average molecular weight is 504 g/mol. The van der Waals surface area contributed by atoms with E-state index in [4.69, 9.17) is 15.5 Å². The number of rotatable bonds is 21. The SMILES string of the molecule is CCCCCCCC/C=C\CCCCCCCC1=NCCN1CCN.CCCCOP(=O)(O)O. The molecule has 0 saturated carbocycles. The number of phosphoric acid groups is 1. The summed E-state index contributed by atoms with van der Waals surface area (Å²) in [6.07, 6.45) is 25.2. The fourth-order valence-electron chi connectivity index (χ4n) is 3.84. The molecule has 8 heteroatoms. The minimum Gasteiger partial charge on any atom is -0.357 e. The van der Waals surface area contributed by atoms with Gasteiger partial charge in [0, 0.05) is 26.1 Å². The molecule has 0 saturated heterocycles. The monoisotopic (exact) mass is 503 g/mol. The summed E-state index contributed by atoms with van der Waals surface area (Å²) in [5, 5.41) is 0. The average Bonchev–Trinajstić information content (AvgIpc) is 3.23. The highest BCUT2D eigenvalue weighted by molar-refractivity contribution is 7.46. The summed E-state index contributed by atoms with van der Waals surface area (Å²) < 4.78 is 14.1. The third kappa shape index (κ3) is 23.0. The van der Waals surface area contributed by atoms with E-state index in [2.05, 4.69) is 33.5 Å². The highest BCUT2D eigenvalue weighted by atomic mass is 31.2. The first-order valence-electron chi connectivity index (χ1n) is 13.8. The van der Waals surface area contributed by atoms with Crippen molar-refractivity contribution in [1.82, 2.24) is 4.90 Å². The molecule has 0 spiro atoms. The topological polar surface area (TPSA) is 108 Å². The van der Waals surface area contributed by atoms with Crippen molar-refractivity contribution in [2.45, 2.75) is 117 Å². The van der Waals surface area contributed by atoms with E-state index in [0.29, 0.717) is 6.42 Å². The van der Waals surface area contributed by atoms with Crippen molar-refractivity contribution in [2.24, 2.45) is 10.7 Å². The molecular formula is C26H54N3O4P. The first kappa shape index (κ1) is 33.3. The Labute approximate surface area is 209 Å².